The molecule has 0 bridgehead atoms. The van der Waals surface area contributed by atoms with Crippen LogP contribution in [0, 0.1) is 15.9 Å². The lowest BCUT2D eigenvalue weighted by Gasteiger charge is -2.16. The van der Waals surface area contributed by atoms with E-state index in [1.54, 1.807) is 0 Å². The molecular formula is C13H19FN2O2. The van der Waals surface area contributed by atoms with E-state index >= 15 is 0 Å². The van der Waals surface area contributed by atoms with E-state index in [9.17, 15) is 14.5 Å². The molecule has 1 unspecified atom stereocenters. The molecule has 1 N–H and O–H groups in total. The van der Waals surface area contributed by atoms with Gasteiger partial charge in [-0.1, -0.05) is 13.8 Å². The van der Waals surface area contributed by atoms with Crippen LogP contribution in [0.15, 0.2) is 18.2 Å². The first kappa shape index (κ1) is 14.6. The minimum absolute atomic E-state index is 0.00634. The highest BCUT2D eigenvalue weighted by molar-refractivity contribution is 5.40. The maximum Gasteiger partial charge on any atom is 0.272 e. The average Bonchev–Trinajstić information content (AvgIpc) is 2.34. The summed E-state index contributed by atoms with van der Waals surface area (Å²) in [6.45, 7) is 4.93. The van der Waals surface area contributed by atoms with Crippen molar-refractivity contribution in [3.63, 3.8) is 0 Å². The zero-order chi connectivity index (χ0) is 13.5. The first-order valence-electron chi connectivity index (χ1n) is 6.24. The molecule has 0 heterocycles. The molecule has 1 atom stereocenters. The Morgan fingerprint density at radius 1 is 1.44 bits per heavy atom. The van der Waals surface area contributed by atoms with Crippen LogP contribution in [-0.4, -0.2) is 17.5 Å². The number of halogens is 1. The highest BCUT2D eigenvalue weighted by Crippen LogP contribution is 2.21. The summed E-state index contributed by atoms with van der Waals surface area (Å²) in [5, 5.41) is 14.2. The fourth-order valence-corrected chi connectivity index (χ4v) is 1.87. The van der Waals surface area contributed by atoms with Gasteiger partial charge in [0.15, 0.2) is 0 Å². The lowest BCUT2D eigenvalue weighted by molar-refractivity contribution is -0.385. The number of nitro groups is 1. The first-order chi connectivity index (χ1) is 8.58. The zero-order valence-electron chi connectivity index (χ0n) is 10.8. The molecular weight excluding hydrogens is 235 g/mol. The van der Waals surface area contributed by atoms with Crippen molar-refractivity contribution in [2.75, 3.05) is 6.54 Å². The molecule has 0 aliphatic heterocycles. The summed E-state index contributed by atoms with van der Waals surface area (Å²) in [7, 11) is 0. The second-order valence-corrected chi connectivity index (χ2v) is 4.29. The number of nitro benzene ring substituents is 1. The van der Waals surface area contributed by atoms with Crippen LogP contribution in [0.4, 0.5) is 10.1 Å². The van der Waals surface area contributed by atoms with Gasteiger partial charge in [0.05, 0.1) is 4.92 Å². The molecule has 18 heavy (non-hydrogen) atoms. The molecule has 1 aromatic carbocycles. The maximum atomic E-state index is 13.2. The third-order valence-corrected chi connectivity index (χ3v) is 2.88. The summed E-state index contributed by atoms with van der Waals surface area (Å²) >= 11 is 0. The van der Waals surface area contributed by atoms with Crippen molar-refractivity contribution < 1.29 is 9.31 Å². The van der Waals surface area contributed by atoms with E-state index in [4.69, 9.17) is 0 Å². The monoisotopic (exact) mass is 254 g/mol. The van der Waals surface area contributed by atoms with Crippen LogP contribution in [-0.2, 0) is 6.42 Å². The van der Waals surface area contributed by atoms with Crippen molar-refractivity contribution in [3.8, 4) is 0 Å². The molecule has 0 radical (unpaired) electrons. The Hall–Kier alpha value is -1.49. The van der Waals surface area contributed by atoms with Crippen LogP contribution in [0.3, 0.4) is 0 Å². The number of nitrogens with one attached hydrogen (secondary N) is 1. The van der Waals surface area contributed by atoms with E-state index in [2.05, 4.69) is 12.2 Å². The molecule has 0 saturated heterocycles. The predicted octanol–water partition coefficient (Wildman–Crippen LogP) is 3.05. The fourth-order valence-electron chi connectivity index (χ4n) is 1.87. The Labute approximate surface area is 106 Å². The third-order valence-electron chi connectivity index (χ3n) is 2.88. The van der Waals surface area contributed by atoms with Crippen LogP contribution in [0.5, 0.6) is 0 Å². The van der Waals surface area contributed by atoms with E-state index < -0.39 is 10.7 Å². The fraction of sp³-hybridized carbons (Fsp3) is 0.538. The van der Waals surface area contributed by atoms with Crippen LogP contribution in [0.1, 0.15) is 32.3 Å². The van der Waals surface area contributed by atoms with E-state index in [0.717, 1.165) is 25.5 Å². The van der Waals surface area contributed by atoms with Crippen molar-refractivity contribution in [3.05, 3.63) is 39.7 Å². The Bertz CT molecular complexity index is 410. The summed E-state index contributed by atoms with van der Waals surface area (Å²) in [6, 6.07) is 3.76. The maximum absolute atomic E-state index is 13.2. The van der Waals surface area contributed by atoms with Gasteiger partial charge in [0.25, 0.3) is 5.69 Å². The SMILES string of the molecule is CCCNC(CC)Cc1cc(F)ccc1[N+](=O)[O-]. The van der Waals surface area contributed by atoms with Crippen LogP contribution >= 0.6 is 0 Å². The van der Waals surface area contributed by atoms with Gasteiger partial charge in [0, 0.05) is 17.7 Å². The second-order valence-electron chi connectivity index (χ2n) is 4.29. The molecule has 4 nitrogen and oxygen atoms in total. The van der Waals surface area contributed by atoms with Gasteiger partial charge in [-0.05, 0) is 37.9 Å². The van der Waals surface area contributed by atoms with Crippen molar-refractivity contribution >= 4 is 5.69 Å². The molecule has 0 fully saturated rings. The molecule has 0 saturated carbocycles. The zero-order valence-corrected chi connectivity index (χ0v) is 10.8. The van der Waals surface area contributed by atoms with Gasteiger partial charge >= 0.3 is 0 Å². The van der Waals surface area contributed by atoms with Gasteiger partial charge in [-0.25, -0.2) is 4.39 Å². The van der Waals surface area contributed by atoms with Gasteiger partial charge < -0.3 is 5.32 Å². The molecule has 1 aromatic rings. The molecule has 5 heteroatoms. The van der Waals surface area contributed by atoms with E-state index in [-0.39, 0.29) is 11.7 Å². The molecule has 0 spiro atoms. The van der Waals surface area contributed by atoms with Crippen molar-refractivity contribution in [2.45, 2.75) is 39.2 Å². The minimum atomic E-state index is -0.457. The summed E-state index contributed by atoms with van der Waals surface area (Å²) in [5.74, 6) is -0.430. The van der Waals surface area contributed by atoms with Crippen molar-refractivity contribution in [2.24, 2.45) is 0 Å². The summed E-state index contributed by atoms with van der Waals surface area (Å²) < 4.78 is 13.2. The largest absolute Gasteiger partial charge is 0.314 e. The molecule has 100 valence electrons. The lowest BCUT2D eigenvalue weighted by Crippen LogP contribution is -2.31. The number of rotatable bonds is 7. The van der Waals surface area contributed by atoms with E-state index in [1.807, 2.05) is 6.92 Å². The third kappa shape index (κ3) is 4.07. The Morgan fingerprint density at radius 3 is 2.72 bits per heavy atom. The second kappa shape index (κ2) is 7.06. The smallest absolute Gasteiger partial charge is 0.272 e. The number of benzene rings is 1. The Balaban J connectivity index is 2.86. The topological polar surface area (TPSA) is 55.2 Å². The van der Waals surface area contributed by atoms with Crippen molar-refractivity contribution in [1.29, 1.82) is 0 Å². The highest BCUT2D eigenvalue weighted by atomic mass is 19.1. The molecule has 0 aliphatic carbocycles. The first-order valence-corrected chi connectivity index (χ1v) is 6.24. The van der Waals surface area contributed by atoms with Crippen LogP contribution in [0.25, 0.3) is 0 Å². The summed E-state index contributed by atoms with van der Waals surface area (Å²) in [4.78, 5) is 10.4. The van der Waals surface area contributed by atoms with Crippen molar-refractivity contribution in [1.82, 2.24) is 5.32 Å². The minimum Gasteiger partial charge on any atom is -0.314 e. The van der Waals surface area contributed by atoms with Gasteiger partial charge in [-0.2, -0.15) is 0 Å². The van der Waals surface area contributed by atoms with Gasteiger partial charge in [0.2, 0.25) is 0 Å². The Morgan fingerprint density at radius 2 is 2.17 bits per heavy atom. The van der Waals surface area contributed by atoms with Gasteiger partial charge in [0.1, 0.15) is 5.82 Å². The van der Waals surface area contributed by atoms with E-state index in [1.165, 1.54) is 12.1 Å². The van der Waals surface area contributed by atoms with Gasteiger partial charge in [-0.3, -0.25) is 10.1 Å². The lowest BCUT2D eigenvalue weighted by atomic mass is 10.0. The number of hydrogen-bond acceptors (Lipinski definition) is 3. The number of hydrogen-bond donors (Lipinski definition) is 1. The quantitative estimate of drug-likeness (QED) is 0.601. The highest BCUT2D eigenvalue weighted by Gasteiger charge is 2.17. The number of nitrogens with zero attached hydrogens (tertiary/aromatic N) is 1. The average molecular weight is 254 g/mol. The predicted molar refractivity (Wildman–Crippen MR) is 69.1 cm³/mol. The summed E-state index contributed by atoms with van der Waals surface area (Å²) in [6.07, 6.45) is 2.33. The molecule has 1 rings (SSSR count). The van der Waals surface area contributed by atoms with Crippen LogP contribution < -0.4 is 5.32 Å². The molecule has 0 aromatic heterocycles. The van der Waals surface area contributed by atoms with Crippen LogP contribution in [0.2, 0.25) is 0 Å². The molecule has 0 amide bonds. The van der Waals surface area contributed by atoms with E-state index in [0.29, 0.717) is 12.0 Å². The van der Waals surface area contributed by atoms with Gasteiger partial charge in [-0.15, -0.1) is 0 Å². The summed E-state index contributed by atoms with van der Waals surface area (Å²) in [5.41, 5.74) is 0.448. The molecule has 0 aliphatic rings. The normalized spacial score (nSPS) is 12.4. The standard InChI is InChI=1S/C13H19FN2O2/c1-3-7-15-12(4-2)9-10-8-11(14)5-6-13(10)16(17)18/h5-6,8,12,15H,3-4,7,9H2,1-2H3. The Kier molecular flexibility index (Phi) is 5.71.